The third kappa shape index (κ3) is 4.57. The molecule has 6 nitrogen and oxygen atoms in total. The summed E-state index contributed by atoms with van der Waals surface area (Å²) >= 11 is 0. The van der Waals surface area contributed by atoms with Crippen molar-refractivity contribution in [3.05, 3.63) is 78.0 Å². The van der Waals surface area contributed by atoms with E-state index in [0.29, 0.717) is 24.3 Å². The van der Waals surface area contributed by atoms with Crippen LogP contribution in [0.1, 0.15) is 22.5 Å². The third-order valence-electron chi connectivity index (χ3n) is 3.90. The third-order valence-corrected chi connectivity index (χ3v) is 3.90. The highest BCUT2D eigenvalue weighted by Gasteiger charge is 2.14. The van der Waals surface area contributed by atoms with E-state index in [1.807, 2.05) is 48.5 Å². The first-order valence-electron chi connectivity index (χ1n) is 8.36. The van der Waals surface area contributed by atoms with Gasteiger partial charge in [0, 0.05) is 25.2 Å². The lowest BCUT2D eigenvalue weighted by Gasteiger charge is -2.05. The van der Waals surface area contributed by atoms with E-state index < -0.39 is 0 Å². The molecular weight excluding hydrogens is 328 g/mol. The molecule has 0 aliphatic carbocycles. The van der Waals surface area contributed by atoms with Crippen LogP contribution in [0.3, 0.4) is 0 Å². The largest absolute Gasteiger partial charge is 0.321 e. The van der Waals surface area contributed by atoms with Gasteiger partial charge in [0.2, 0.25) is 5.91 Å². The van der Waals surface area contributed by atoms with Crippen molar-refractivity contribution in [1.82, 2.24) is 9.78 Å². The standard InChI is InChI=1S/C20H20N4O2/c1-24-18(22-19(25)13-12-15-8-4-2-5-9-15)14-17(23-24)20(26)21-16-10-6-3-7-11-16/h2-11,14H,12-13H2,1H3,(H,21,26)(H,22,25). The van der Waals surface area contributed by atoms with E-state index in [1.165, 1.54) is 4.68 Å². The first-order valence-corrected chi connectivity index (χ1v) is 8.36. The van der Waals surface area contributed by atoms with Crippen LogP contribution in [0.4, 0.5) is 11.5 Å². The van der Waals surface area contributed by atoms with Crippen LogP contribution in [-0.2, 0) is 18.3 Å². The van der Waals surface area contributed by atoms with E-state index in [0.717, 1.165) is 5.56 Å². The number of aryl methyl sites for hydroxylation is 2. The first kappa shape index (κ1) is 17.4. The van der Waals surface area contributed by atoms with Crippen molar-refractivity contribution in [2.45, 2.75) is 12.8 Å². The number of nitrogens with zero attached hydrogens (tertiary/aromatic N) is 2. The van der Waals surface area contributed by atoms with Crippen LogP contribution in [0.2, 0.25) is 0 Å². The molecule has 6 heteroatoms. The second-order valence-corrected chi connectivity index (χ2v) is 5.89. The predicted octanol–water partition coefficient (Wildman–Crippen LogP) is 3.24. The fourth-order valence-corrected chi connectivity index (χ4v) is 2.52. The van der Waals surface area contributed by atoms with Crippen LogP contribution in [0.15, 0.2) is 66.7 Å². The van der Waals surface area contributed by atoms with Crippen molar-refractivity contribution in [1.29, 1.82) is 0 Å². The van der Waals surface area contributed by atoms with Crippen molar-refractivity contribution in [3.63, 3.8) is 0 Å². The number of benzene rings is 2. The minimum Gasteiger partial charge on any atom is -0.321 e. The molecule has 0 aliphatic heterocycles. The maximum absolute atomic E-state index is 12.3. The number of hydrogen-bond donors (Lipinski definition) is 2. The molecule has 0 bridgehead atoms. The van der Waals surface area contributed by atoms with Crippen molar-refractivity contribution >= 4 is 23.3 Å². The quantitative estimate of drug-likeness (QED) is 0.718. The van der Waals surface area contributed by atoms with E-state index in [-0.39, 0.29) is 17.5 Å². The fourth-order valence-electron chi connectivity index (χ4n) is 2.52. The second-order valence-electron chi connectivity index (χ2n) is 5.89. The maximum Gasteiger partial charge on any atom is 0.276 e. The van der Waals surface area contributed by atoms with Crippen LogP contribution in [0, 0.1) is 0 Å². The summed E-state index contributed by atoms with van der Waals surface area (Å²) in [6.07, 6.45) is 1.02. The number of nitrogens with one attached hydrogen (secondary N) is 2. The Bertz CT molecular complexity index is 889. The summed E-state index contributed by atoms with van der Waals surface area (Å²) in [7, 11) is 1.69. The zero-order chi connectivity index (χ0) is 18.4. The van der Waals surface area contributed by atoms with E-state index in [1.54, 1.807) is 25.2 Å². The predicted molar refractivity (Wildman–Crippen MR) is 101 cm³/mol. The van der Waals surface area contributed by atoms with Gasteiger partial charge in [-0.15, -0.1) is 0 Å². The topological polar surface area (TPSA) is 76.0 Å². The second kappa shape index (κ2) is 8.11. The molecule has 0 saturated carbocycles. The van der Waals surface area contributed by atoms with E-state index in [9.17, 15) is 9.59 Å². The van der Waals surface area contributed by atoms with Gasteiger partial charge in [-0.05, 0) is 24.1 Å². The molecule has 26 heavy (non-hydrogen) atoms. The monoisotopic (exact) mass is 348 g/mol. The van der Waals surface area contributed by atoms with Gasteiger partial charge in [0.05, 0.1) is 0 Å². The van der Waals surface area contributed by atoms with Crippen LogP contribution < -0.4 is 10.6 Å². The Morgan fingerprint density at radius 1 is 0.962 bits per heavy atom. The molecule has 0 aliphatic rings. The number of amides is 2. The fraction of sp³-hybridized carbons (Fsp3) is 0.150. The summed E-state index contributed by atoms with van der Waals surface area (Å²) in [5.41, 5.74) is 2.04. The Balaban J connectivity index is 1.59. The van der Waals surface area contributed by atoms with Gasteiger partial charge in [0.1, 0.15) is 5.82 Å². The molecule has 0 radical (unpaired) electrons. The molecule has 0 unspecified atom stereocenters. The lowest BCUT2D eigenvalue weighted by atomic mass is 10.1. The number of anilines is 2. The van der Waals surface area contributed by atoms with Gasteiger partial charge in [-0.25, -0.2) is 0 Å². The minimum absolute atomic E-state index is 0.119. The summed E-state index contributed by atoms with van der Waals surface area (Å²) in [6, 6.07) is 20.5. The number of carbonyl (C=O) groups is 2. The van der Waals surface area contributed by atoms with E-state index >= 15 is 0 Å². The van der Waals surface area contributed by atoms with Gasteiger partial charge in [-0.3, -0.25) is 14.3 Å². The Hall–Kier alpha value is -3.41. The van der Waals surface area contributed by atoms with Crippen molar-refractivity contribution in [2.24, 2.45) is 7.05 Å². The molecule has 3 aromatic rings. The Labute approximate surface area is 151 Å². The summed E-state index contributed by atoms with van der Waals surface area (Å²) in [5, 5.41) is 9.74. The van der Waals surface area contributed by atoms with Crippen LogP contribution in [0.25, 0.3) is 0 Å². The summed E-state index contributed by atoms with van der Waals surface area (Å²) in [6.45, 7) is 0. The average Bonchev–Trinajstić information content (AvgIpc) is 3.02. The van der Waals surface area contributed by atoms with Crippen LogP contribution >= 0.6 is 0 Å². The molecule has 0 saturated heterocycles. The Kier molecular flexibility index (Phi) is 5.43. The molecule has 1 aromatic heterocycles. The number of aromatic nitrogens is 2. The van der Waals surface area contributed by atoms with Crippen molar-refractivity contribution in [2.75, 3.05) is 10.6 Å². The zero-order valence-electron chi connectivity index (χ0n) is 14.5. The summed E-state index contributed by atoms with van der Waals surface area (Å²) in [5.74, 6) is 0.0460. The number of rotatable bonds is 6. The lowest BCUT2D eigenvalue weighted by molar-refractivity contribution is -0.116. The summed E-state index contributed by atoms with van der Waals surface area (Å²) in [4.78, 5) is 24.4. The number of carbonyl (C=O) groups excluding carboxylic acids is 2. The van der Waals surface area contributed by atoms with Crippen LogP contribution in [-0.4, -0.2) is 21.6 Å². The smallest absolute Gasteiger partial charge is 0.276 e. The molecule has 0 spiro atoms. The molecule has 0 atom stereocenters. The number of para-hydroxylation sites is 1. The molecular formula is C20H20N4O2. The van der Waals surface area contributed by atoms with Crippen molar-refractivity contribution < 1.29 is 9.59 Å². The van der Waals surface area contributed by atoms with Crippen molar-refractivity contribution in [3.8, 4) is 0 Å². The molecule has 1 heterocycles. The average molecular weight is 348 g/mol. The SMILES string of the molecule is Cn1nc(C(=O)Nc2ccccc2)cc1NC(=O)CCc1ccccc1. The number of hydrogen-bond acceptors (Lipinski definition) is 3. The molecule has 2 N–H and O–H groups in total. The highest BCUT2D eigenvalue weighted by Crippen LogP contribution is 2.13. The van der Waals surface area contributed by atoms with Gasteiger partial charge in [-0.1, -0.05) is 48.5 Å². The maximum atomic E-state index is 12.3. The molecule has 132 valence electrons. The normalized spacial score (nSPS) is 10.3. The molecule has 3 rings (SSSR count). The van der Waals surface area contributed by atoms with Gasteiger partial charge in [-0.2, -0.15) is 5.10 Å². The Morgan fingerprint density at radius 3 is 2.31 bits per heavy atom. The Morgan fingerprint density at radius 2 is 1.62 bits per heavy atom. The lowest BCUT2D eigenvalue weighted by Crippen LogP contribution is -2.14. The van der Waals surface area contributed by atoms with Gasteiger partial charge >= 0.3 is 0 Å². The van der Waals surface area contributed by atoms with Gasteiger partial charge < -0.3 is 10.6 Å². The first-order chi connectivity index (χ1) is 12.6. The zero-order valence-corrected chi connectivity index (χ0v) is 14.5. The highest BCUT2D eigenvalue weighted by molar-refractivity contribution is 6.03. The molecule has 0 fully saturated rings. The van der Waals surface area contributed by atoms with E-state index in [4.69, 9.17) is 0 Å². The van der Waals surface area contributed by atoms with Gasteiger partial charge in [0.25, 0.3) is 5.91 Å². The minimum atomic E-state index is -0.323. The highest BCUT2D eigenvalue weighted by atomic mass is 16.2. The molecule has 2 aromatic carbocycles. The van der Waals surface area contributed by atoms with E-state index in [2.05, 4.69) is 15.7 Å². The molecule has 2 amide bonds. The van der Waals surface area contributed by atoms with Gasteiger partial charge in [0.15, 0.2) is 5.69 Å². The summed E-state index contributed by atoms with van der Waals surface area (Å²) < 4.78 is 1.49. The van der Waals surface area contributed by atoms with Crippen LogP contribution in [0.5, 0.6) is 0 Å².